The molecular weight excluding hydrogens is 420 g/mol. The maximum atomic E-state index is 13.0. The Balaban J connectivity index is 2.13. The zero-order valence-corrected chi connectivity index (χ0v) is 19.6. The summed E-state index contributed by atoms with van der Waals surface area (Å²) in [7, 11) is 0. The average molecular weight is 453 g/mol. The average Bonchev–Trinajstić information content (AvgIpc) is 3.12. The van der Waals surface area contributed by atoms with Gasteiger partial charge < -0.3 is 20.7 Å². The molecule has 0 bridgehead atoms. The van der Waals surface area contributed by atoms with Crippen molar-refractivity contribution in [1.29, 1.82) is 0 Å². The van der Waals surface area contributed by atoms with Gasteiger partial charge >= 0.3 is 6.09 Å². The SMILES string of the molecule is CC(C)C(NC(=O)OCC(C)(C)C)C(=O)NC1Cc2ncsc2CCCNC(=O)C1=O. The second-order valence-corrected chi connectivity index (χ2v) is 10.2. The van der Waals surface area contributed by atoms with Crippen LogP contribution in [-0.4, -0.2) is 53.9 Å². The molecular formula is C21H32N4O5S. The van der Waals surface area contributed by atoms with Crippen LogP contribution < -0.4 is 16.0 Å². The molecule has 10 heteroatoms. The molecule has 31 heavy (non-hydrogen) atoms. The van der Waals surface area contributed by atoms with E-state index in [-0.39, 0.29) is 24.4 Å². The quantitative estimate of drug-likeness (QED) is 0.583. The number of Topliss-reactive ketones (excluding diaryl/α,β-unsaturated/α-hetero) is 1. The summed E-state index contributed by atoms with van der Waals surface area (Å²) in [6, 6.07) is -1.99. The standard InChI is InChI=1S/C21H32N4O5S/c1-12(2)16(25-20(29)30-10-21(3,4)5)18(27)24-14-9-13-15(31-11-23-13)7-6-8-22-19(28)17(14)26/h11-12,14,16H,6-10H2,1-5H3,(H,22,28)(H,24,27)(H,25,29). The molecule has 2 heterocycles. The molecule has 9 nitrogen and oxygen atoms in total. The molecule has 0 fully saturated rings. The topological polar surface area (TPSA) is 126 Å². The highest BCUT2D eigenvalue weighted by Gasteiger charge is 2.33. The molecule has 1 aliphatic heterocycles. The highest BCUT2D eigenvalue weighted by molar-refractivity contribution is 7.09. The largest absolute Gasteiger partial charge is 0.449 e. The van der Waals surface area contributed by atoms with Crippen LogP contribution in [0.5, 0.6) is 0 Å². The van der Waals surface area contributed by atoms with Gasteiger partial charge in [0.15, 0.2) is 0 Å². The van der Waals surface area contributed by atoms with Gasteiger partial charge in [0.05, 0.1) is 17.8 Å². The van der Waals surface area contributed by atoms with E-state index in [2.05, 4.69) is 20.9 Å². The van der Waals surface area contributed by atoms with Crippen LogP contribution in [0.2, 0.25) is 0 Å². The van der Waals surface area contributed by atoms with E-state index < -0.39 is 35.8 Å². The third kappa shape index (κ3) is 7.61. The van der Waals surface area contributed by atoms with Crippen LogP contribution in [0.15, 0.2) is 5.51 Å². The number of alkyl carbamates (subject to hydrolysis) is 1. The molecule has 172 valence electrons. The summed E-state index contributed by atoms with van der Waals surface area (Å²) in [5.41, 5.74) is 2.19. The van der Waals surface area contributed by atoms with Crippen LogP contribution in [0.4, 0.5) is 4.79 Å². The molecule has 2 rings (SSSR count). The van der Waals surface area contributed by atoms with Crippen molar-refractivity contribution in [1.82, 2.24) is 20.9 Å². The smallest absolute Gasteiger partial charge is 0.407 e. The van der Waals surface area contributed by atoms with Crippen molar-refractivity contribution in [2.45, 2.75) is 66.0 Å². The van der Waals surface area contributed by atoms with Gasteiger partial charge in [0, 0.05) is 17.8 Å². The van der Waals surface area contributed by atoms with Gasteiger partial charge in [-0.2, -0.15) is 0 Å². The molecule has 0 aliphatic carbocycles. The summed E-state index contributed by atoms with van der Waals surface area (Å²) in [4.78, 5) is 55.4. The first-order valence-corrected chi connectivity index (χ1v) is 11.3. The molecule has 1 aliphatic rings. The number of carbonyl (C=O) groups excluding carboxylic acids is 4. The number of aryl methyl sites for hydroxylation is 1. The first-order chi connectivity index (χ1) is 14.5. The van der Waals surface area contributed by atoms with Crippen molar-refractivity contribution >= 4 is 35.0 Å². The number of carbonyl (C=O) groups is 4. The number of ketones is 1. The Kier molecular flexibility index (Phi) is 8.55. The predicted molar refractivity (Wildman–Crippen MR) is 117 cm³/mol. The number of fused-ring (bicyclic) bond motifs is 1. The number of amides is 3. The van der Waals surface area contributed by atoms with E-state index in [1.165, 1.54) is 11.3 Å². The van der Waals surface area contributed by atoms with Gasteiger partial charge in [0.25, 0.3) is 5.91 Å². The molecule has 2 atom stereocenters. The van der Waals surface area contributed by atoms with Crippen molar-refractivity contribution in [2.24, 2.45) is 11.3 Å². The van der Waals surface area contributed by atoms with E-state index in [1.54, 1.807) is 19.4 Å². The molecule has 0 saturated carbocycles. The zero-order valence-electron chi connectivity index (χ0n) is 18.7. The molecule has 3 amide bonds. The third-order valence-electron chi connectivity index (χ3n) is 4.70. The molecule has 3 N–H and O–H groups in total. The van der Waals surface area contributed by atoms with Crippen LogP contribution in [0.1, 0.15) is 51.6 Å². The Morgan fingerprint density at radius 3 is 2.68 bits per heavy atom. The van der Waals surface area contributed by atoms with Crippen LogP contribution in [-0.2, 0) is 32.0 Å². The van der Waals surface area contributed by atoms with Gasteiger partial charge in [-0.1, -0.05) is 34.6 Å². The van der Waals surface area contributed by atoms with Crippen molar-refractivity contribution in [3.63, 3.8) is 0 Å². The maximum Gasteiger partial charge on any atom is 0.407 e. The van der Waals surface area contributed by atoms with E-state index in [9.17, 15) is 19.2 Å². The second kappa shape index (κ2) is 10.7. The van der Waals surface area contributed by atoms with Crippen molar-refractivity contribution in [3.8, 4) is 0 Å². The lowest BCUT2D eigenvalue weighted by Crippen LogP contribution is -2.56. The van der Waals surface area contributed by atoms with Gasteiger partial charge in [-0.05, 0) is 24.2 Å². The maximum absolute atomic E-state index is 13.0. The second-order valence-electron chi connectivity index (χ2n) is 9.21. The molecule has 0 spiro atoms. The molecule has 1 aromatic rings. The molecule has 0 radical (unpaired) electrons. The number of nitrogens with zero attached hydrogens (tertiary/aromatic N) is 1. The monoisotopic (exact) mass is 452 g/mol. The number of ether oxygens (including phenoxy) is 1. The fourth-order valence-electron chi connectivity index (χ4n) is 3.01. The molecule has 2 unspecified atom stereocenters. The summed E-state index contributed by atoms with van der Waals surface area (Å²) in [6.45, 7) is 9.89. The Morgan fingerprint density at radius 2 is 2.03 bits per heavy atom. The van der Waals surface area contributed by atoms with Gasteiger partial charge in [-0.25, -0.2) is 9.78 Å². The first kappa shape index (κ1) is 24.8. The minimum atomic E-state index is -1.07. The summed E-state index contributed by atoms with van der Waals surface area (Å²) in [5.74, 6) is -2.28. The van der Waals surface area contributed by atoms with Gasteiger partial charge in [0.1, 0.15) is 12.1 Å². The Morgan fingerprint density at radius 1 is 1.32 bits per heavy atom. The minimum absolute atomic E-state index is 0.121. The summed E-state index contributed by atoms with van der Waals surface area (Å²) in [6.07, 6.45) is 0.864. The molecule has 1 aromatic heterocycles. The van der Waals surface area contributed by atoms with Crippen LogP contribution in [0, 0.1) is 11.3 Å². The highest BCUT2D eigenvalue weighted by atomic mass is 32.1. The molecule has 0 aromatic carbocycles. The zero-order chi connectivity index (χ0) is 23.2. The van der Waals surface area contributed by atoms with E-state index >= 15 is 0 Å². The Labute approximate surface area is 186 Å². The van der Waals surface area contributed by atoms with E-state index in [0.717, 1.165) is 11.3 Å². The lowest BCUT2D eigenvalue weighted by molar-refractivity contribution is -0.140. The van der Waals surface area contributed by atoms with Crippen LogP contribution >= 0.6 is 11.3 Å². The van der Waals surface area contributed by atoms with Gasteiger partial charge in [-0.3, -0.25) is 14.4 Å². The number of hydrogen-bond donors (Lipinski definition) is 3. The van der Waals surface area contributed by atoms with Crippen molar-refractivity contribution in [3.05, 3.63) is 16.1 Å². The summed E-state index contributed by atoms with van der Waals surface area (Å²) >= 11 is 1.49. The fraction of sp³-hybridized carbons (Fsp3) is 0.667. The minimum Gasteiger partial charge on any atom is -0.449 e. The molecule has 0 saturated heterocycles. The van der Waals surface area contributed by atoms with Crippen LogP contribution in [0.3, 0.4) is 0 Å². The third-order valence-corrected chi connectivity index (χ3v) is 5.64. The van der Waals surface area contributed by atoms with E-state index in [4.69, 9.17) is 4.74 Å². The summed E-state index contributed by atoms with van der Waals surface area (Å²) in [5, 5.41) is 7.82. The summed E-state index contributed by atoms with van der Waals surface area (Å²) < 4.78 is 5.20. The van der Waals surface area contributed by atoms with E-state index in [1.807, 2.05) is 20.8 Å². The number of hydrogen-bond acceptors (Lipinski definition) is 7. The first-order valence-electron chi connectivity index (χ1n) is 10.4. The lowest BCUT2D eigenvalue weighted by atomic mass is 9.99. The highest BCUT2D eigenvalue weighted by Crippen LogP contribution is 2.18. The van der Waals surface area contributed by atoms with Crippen molar-refractivity contribution < 1.29 is 23.9 Å². The number of thiazole rings is 1. The lowest BCUT2D eigenvalue weighted by Gasteiger charge is -2.26. The van der Waals surface area contributed by atoms with Gasteiger partial charge in [0.2, 0.25) is 11.7 Å². The van der Waals surface area contributed by atoms with Crippen molar-refractivity contribution in [2.75, 3.05) is 13.2 Å². The Bertz CT molecular complexity index is 815. The van der Waals surface area contributed by atoms with Crippen LogP contribution in [0.25, 0.3) is 0 Å². The normalized spacial score (nSPS) is 18.6. The van der Waals surface area contributed by atoms with Gasteiger partial charge in [-0.15, -0.1) is 11.3 Å². The Hall–Kier alpha value is -2.49. The number of aromatic nitrogens is 1. The number of rotatable bonds is 5. The van der Waals surface area contributed by atoms with E-state index in [0.29, 0.717) is 18.7 Å². The number of nitrogens with one attached hydrogen (secondary N) is 3. The fourth-order valence-corrected chi connectivity index (χ4v) is 3.85. The predicted octanol–water partition coefficient (Wildman–Crippen LogP) is 1.60.